The number of carbonyl (C=O) groups is 3. The summed E-state index contributed by atoms with van der Waals surface area (Å²) in [5.74, 6) is -0.811. The van der Waals surface area contributed by atoms with Crippen molar-refractivity contribution in [2.24, 2.45) is 10.7 Å². The van der Waals surface area contributed by atoms with Crippen molar-refractivity contribution in [3.63, 3.8) is 0 Å². The van der Waals surface area contributed by atoms with Gasteiger partial charge in [0.2, 0.25) is 0 Å². The minimum Gasteiger partial charge on any atom is -0.366 e. The molecule has 1 aromatic heterocycles. The minimum absolute atomic E-state index is 0.0267. The predicted molar refractivity (Wildman–Crippen MR) is 76.4 cm³/mol. The summed E-state index contributed by atoms with van der Waals surface area (Å²) >= 11 is 0. The molecule has 0 aliphatic carbocycles. The highest BCUT2D eigenvalue weighted by Crippen LogP contribution is 2.21. The molecule has 0 aromatic carbocycles. The fraction of sp³-hybridized carbons (Fsp3) is 0.385. The number of carbonyl (C=O) groups excluding carboxylic acids is 3. The van der Waals surface area contributed by atoms with Crippen molar-refractivity contribution in [1.82, 2.24) is 15.0 Å². The number of aliphatic imine (C=N–C) groups is 1. The van der Waals surface area contributed by atoms with Gasteiger partial charge in [0.25, 0.3) is 30.0 Å². The second kappa shape index (κ2) is 5.30. The molecule has 10 nitrogen and oxygen atoms in total. The van der Waals surface area contributed by atoms with E-state index in [9.17, 15) is 14.4 Å². The van der Waals surface area contributed by atoms with Gasteiger partial charge in [-0.15, -0.1) is 0 Å². The van der Waals surface area contributed by atoms with E-state index in [2.05, 4.69) is 10.1 Å². The summed E-state index contributed by atoms with van der Waals surface area (Å²) in [4.78, 5) is 43.0. The van der Waals surface area contributed by atoms with Crippen LogP contribution < -0.4 is 5.73 Å². The zero-order valence-electron chi connectivity index (χ0n) is 12.5. The van der Waals surface area contributed by atoms with E-state index < -0.39 is 29.9 Å². The van der Waals surface area contributed by atoms with Crippen LogP contribution in [0.25, 0.3) is 0 Å². The molecule has 4 amide bonds. The number of fused-ring (bicyclic) bond motifs is 1. The molecule has 2 N–H and O–H groups in total. The van der Waals surface area contributed by atoms with Crippen LogP contribution in [0.5, 0.6) is 0 Å². The summed E-state index contributed by atoms with van der Waals surface area (Å²) < 4.78 is 6.16. The molecule has 3 rings (SSSR count). The molecule has 3 heterocycles. The summed E-state index contributed by atoms with van der Waals surface area (Å²) in [7, 11) is 1.52. The molecule has 120 valence electrons. The van der Waals surface area contributed by atoms with Gasteiger partial charge < -0.3 is 10.3 Å². The van der Waals surface area contributed by atoms with Gasteiger partial charge in [-0.1, -0.05) is 5.16 Å². The smallest absolute Gasteiger partial charge is 0.334 e. The Morgan fingerprint density at radius 3 is 2.87 bits per heavy atom. The molecule has 0 radical (unpaired) electrons. The van der Waals surface area contributed by atoms with E-state index in [-0.39, 0.29) is 12.4 Å². The van der Waals surface area contributed by atoms with Crippen LogP contribution >= 0.6 is 0 Å². The molecule has 2 atom stereocenters. The Morgan fingerprint density at radius 2 is 2.26 bits per heavy atom. The lowest BCUT2D eigenvalue weighted by molar-refractivity contribution is -0.551. The zero-order chi connectivity index (χ0) is 16.7. The Kier molecular flexibility index (Phi) is 3.43. The summed E-state index contributed by atoms with van der Waals surface area (Å²) in [6.07, 6.45) is 2.71. The molecular formula is C13H15N6O4+. The van der Waals surface area contributed by atoms with Gasteiger partial charge in [0.15, 0.2) is 6.04 Å². The number of urea groups is 1. The van der Waals surface area contributed by atoms with Gasteiger partial charge in [0, 0.05) is 13.1 Å². The zero-order valence-corrected chi connectivity index (χ0v) is 12.5. The Morgan fingerprint density at radius 1 is 1.52 bits per heavy atom. The number of hydrogen-bond acceptors (Lipinski definition) is 6. The number of primary amides is 1. The average Bonchev–Trinajstić information content (AvgIpc) is 3.17. The van der Waals surface area contributed by atoms with Crippen molar-refractivity contribution in [1.29, 1.82) is 0 Å². The SMILES string of the molecule is C[C@@H](C(N)=O)[N+]1=CN=C2C1C(=O)N(Cc1ccon1)C(=O)N2C. The van der Waals surface area contributed by atoms with Crippen LogP contribution in [0.15, 0.2) is 21.8 Å². The van der Waals surface area contributed by atoms with Gasteiger partial charge in [0.1, 0.15) is 12.0 Å². The van der Waals surface area contributed by atoms with Crippen LogP contribution in [0.2, 0.25) is 0 Å². The van der Waals surface area contributed by atoms with Crippen LogP contribution in [-0.2, 0) is 16.1 Å². The lowest BCUT2D eigenvalue weighted by atomic mass is 10.1. The van der Waals surface area contributed by atoms with Crippen LogP contribution in [0, 0.1) is 0 Å². The summed E-state index contributed by atoms with van der Waals surface area (Å²) in [5.41, 5.74) is 5.75. The number of rotatable bonds is 4. The predicted octanol–water partition coefficient (Wildman–Crippen LogP) is -1.24. The Labute approximate surface area is 130 Å². The van der Waals surface area contributed by atoms with Gasteiger partial charge in [-0.05, 0) is 11.9 Å². The maximum absolute atomic E-state index is 12.8. The van der Waals surface area contributed by atoms with Crippen LogP contribution in [0.3, 0.4) is 0 Å². The standard InChI is InChI=1S/C13H14N6O4/c1-7(10(14)20)19-6-15-11-9(19)12(21)18(13(22)17(11)2)5-8-3-4-23-16-8/h3-4,6-7,9H,5H2,1-2H3,(H-,14,20)/p+1/t7-,9?/m0/s1. The quantitative estimate of drug-likeness (QED) is 0.695. The summed E-state index contributed by atoms with van der Waals surface area (Å²) in [6.45, 7) is 1.55. The first kappa shape index (κ1) is 14.9. The number of hydrogen-bond donors (Lipinski definition) is 1. The second-order valence-electron chi connectivity index (χ2n) is 5.29. The molecule has 2 aliphatic heterocycles. The molecule has 1 saturated heterocycles. The molecule has 10 heteroatoms. The summed E-state index contributed by atoms with van der Waals surface area (Å²) in [5, 5.41) is 3.71. The van der Waals surface area contributed by atoms with Crippen molar-refractivity contribution in [3.8, 4) is 0 Å². The maximum atomic E-state index is 12.8. The molecular weight excluding hydrogens is 304 g/mol. The fourth-order valence-corrected chi connectivity index (χ4v) is 2.52. The topological polar surface area (TPSA) is 125 Å². The van der Waals surface area contributed by atoms with E-state index in [0.717, 1.165) is 4.90 Å². The largest absolute Gasteiger partial charge is 0.366 e. The summed E-state index contributed by atoms with van der Waals surface area (Å²) in [6, 6.07) is -0.558. The number of imide groups is 1. The first-order valence-corrected chi connectivity index (χ1v) is 6.88. The number of amides is 4. The van der Waals surface area contributed by atoms with E-state index >= 15 is 0 Å². The van der Waals surface area contributed by atoms with Crippen molar-refractivity contribution >= 4 is 30.0 Å². The molecule has 0 spiro atoms. The Balaban J connectivity index is 1.92. The van der Waals surface area contributed by atoms with Crippen molar-refractivity contribution in [2.45, 2.75) is 25.6 Å². The lowest BCUT2D eigenvalue weighted by Crippen LogP contribution is -2.63. The highest BCUT2D eigenvalue weighted by Gasteiger charge is 2.53. The molecule has 1 unspecified atom stereocenters. The first-order chi connectivity index (χ1) is 10.9. The van der Waals surface area contributed by atoms with E-state index in [1.165, 1.54) is 29.1 Å². The Bertz CT molecular complexity index is 738. The lowest BCUT2D eigenvalue weighted by Gasteiger charge is -2.33. The van der Waals surface area contributed by atoms with Crippen LogP contribution in [-0.4, -0.2) is 68.7 Å². The Hall–Kier alpha value is -3.04. The van der Waals surface area contributed by atoms with Crippen molar-refractivity contribution < 1.29 is 23.5 Å². The molecule has 0 saturated carbocycles. The fourth-order valence-electron chi connectivity index (χ4n) is 2.52. The van der Waals surface area contributed by atoms with Gasteiger partial charge >= 0.3 is 6.03 Å². The van der Waals surface area contributed by atoms with Crippen molar-refractivity contribution in [2.75, 3.05) is 7.05 Å². The minimum atomic E-state index is -0.868. The van der Waals surface area contributed by atoms with E-state index in [4.69, 9.17) is 10.3 Å². The number of aromatic nitrogens is 1. The molecule has 0 bridgehead atoms. The van der Waals surface area contributed by atoms with Gasteiger partial charge in [-0.2, -0.15) is 0 Å². The maximum Gasteiger partial charge on any atom is 0.334 e. The van der Waals surface area contributed by atoms with E-state index in [1.807, 2.05) is 0 Å². The number of likely N-dealkylation sites (N-methyl/N-ethyl adjacent to an activating group) is 1. The molecule has 23 heavy (non-hydrogen) atoms. The van der Waals surface area contributed by atoms with E-state index in [0.29, 0.717) is 5.69 Å². The molecule has 2 aliphatic rings. The average molecular weight is 319 g/mol. The molecule has 1 aromatic rings. The highest BCUT2D eigenvalue weighted by atomic mass is 16.5. The van der Waals surface area contributed by atoms with Gasteiger partial charge in [-0.25, -0.2) is 9.37 Å². The third kappa shape index (κ3) is 2.28. The van der Waals surface area contributed by atoms with Gasteiger partial charge in [-0.3, -0.25) is 19.4 Å². The van der Waals surface area contributed by atoms with Crippen LogP contribution in [0.4, 0.5) is 4.79 Å². The van der Waals surface area contributed by atoms with Crippen LogP contribution in [0.1, 0.15) is 12.6 Å². The van der Waals surface area contributed by atoms with Gasteiger partial charge in [0.05, 0.1) is 6.54 Å². The van der Waals surface area contributed by atoms with E-state index in [1.54, 1.807) is 13.0 Å². The second-order valence-corrected chi connectivity index (χ2v) is 5.29. The number of amidine groups is 1. The third-order valence-corrected chi connectivity index (χ3v) is 3.90. The first-order valence-electron chi connectivity index (χ1n) is 6.88. The third-order valence-electron chi connectivity index (χ3n) is 3.90. The monoisotopic (exact) mass is 319 g/mol. The highest BCUT2D eigenvalue weighted by molar-refractivity contribution is 6.21. The molecule has 1 fully saturated rings. The number of nitrogens with zero attached hydrogens (tertiary/aromatic N) is 5. The normalized spacial score (nSPS) is 21.9. The van der Waals surface area contributed by atoms with Crippen molar-refractivity contribution in [3.05, 3.63) is 18.0 Å². The number of nitrogens with two attached hydrogens (primary N) is 1.